The Morgan fingerprint density at radius 1 is 1.16 bits per heavy atom. The molecular formula is C24H29N5O2S. The molecule has 4 rings (SSSR count). The molecule has 0 unspecified atom stereocenters. The Hall–Kier alpha value is -2.87. The van der Waals surface area contributed by atoms with Crippen LogP contribution in [0, 0.1) is 0 Å². The maximum atomic E-state index is 13.3. The van der Waals surface area contributed by atoms with E-state index in [2.05, 4.69) is 20.5 Å². The number of ether oxygens (including phenoxy) is 1. The quantitative estimate of drug-likeness (QED) is 0.500. The zero-order chi connectivity index (χ0) is 22.4. The average molecular weight is 452 g/mol. The van der Waals surface area contributed by atoms with E-state index in [0.29, 0.717) is 13.0 Å². The Morgan fingerprint density at radius 3 is 2.62 bits per heavy atom. The van der Waals surface area contributed by atoms with Gasteiger partial charge >= 0.3 is 0 Å². The number of rotatable bonds is 9. The summed E-state index contributed by atoms with van der Waals surface area (Å²) in [7, 11) is 3.62. The molecule has 1 amide bonds. The number of nitrogens with one attached hydrogen (secondary N) is 1. The highest BCUT2D eigenvalue weighted by molar-refractivity contribution is 7.98. The summed E-state index contributed by atoms with van der Waals surface area (Å²) >= 11 is 1.61. The Bertz CT molecular complexity index is 1030. The van der Waals surface area contributed by atoms with Crippen LogP contribution >= 0.6 is 11.8 Å². The molecule has 1 fully saturated rings. The molecular weight excluding hydrogens is 422 g/mol. The van der Waals surface area contributed by atoms with Crippen LogP contribution in [0.5, 0.6) is 5.75 Å². The van der Waals surface area contributed by atoms with Gasteiger partial charge in [-0.05, 0) is 42.7 Å². The number of pyridine rings is 1. The molecule has 2 heterocycles. The van der Waals surface area contributed by atoms with Crippen LogP contribution in [0.4, 0.5) is 0 Å². The zero-order valence-electron chi connectivity index (χ0n) is 18.6. The van der Waals surface area contributed by atoms with E-state index in [1.54, 1.807) is 25.1 Å². The van der Waals surface area contributed by atoms with Crippen LogP contribution in [0.3, 0.4) is 0 Å². The smallest absolute Gasteiger partial charge is 0.230 e. The fourth-order valence-electron chi connectivity index (χ4n) is 4.30. The number of aromatic nitrogens is 4. The first-order valence-electron chi connectivity index (χ1n) is 11.0. The average Bonchev–Trinajstić information content (AvgIpc) is 3.47. The molecule has 0 spiro atoms. The lowest BCUT2D eigenvalue weighted by molar-refractivity contribution is -0.126. The lowest BCUT2D eigenvalue weighted by Gasteiger charge is -2.28. The second-order valence-electron chi connectivity index (χ2n) is 8.09. The second kappa shape index (κ2) is 10.2. The van der Waals surface area contributed by atoms with Crippen LogP contribution in [0.25, 0.3) is 0 Å². The minimum Gasteiger partial charge on any atom is -0.497 e. The van der Waals surface area contributed by atoms with E-state index >= 15 is 0 Å². The van der Waals surface area contributed by atoms with Crippen molar-refractivity contribution in [1.82, 2.24) is 25.1 Å². The lowest BCUT2D eigenvalue weighted by atomic mass is 9.78. The standard InChI is InChI=1S/C24H29N5O2S/c1-29-21(27-28-23(29)32-17-19-7-3-6-15-25-19)12-16-26-22(30)24(13-4-5-14-24)18-8-10-20(31-2)11-9-18/h3,6-11,15H,4-5,12-14,16-17H2,1-2H3,(H,26,30). The van der Waals surface area contributed by atoms with Crippen LogP contribution in [0.2, 0.25) is 0 Å². The summed E-state index contributed by atoms with van der Waals surface area (Å²) in [5, 5.41) is 12.6. The SMILES string of the molecule is COc1ccc(C2(C(=O)NCCc3nnc(SCc4ccccn4)n3C)CCCC2)cc1. The van der Waals surface area contributed by atoms with E-state index in [-0.39, 0.29) is 5.91 Å². The van der Waals surface area contributed by atoms with Gasteiger partial charge in [-0.15, -0.1) is 10.2 Å². The molecule has 168 valence electrons. The molecule has 1 aromatic carbocycles. The molecule has 1 saturated carbocycles. The monoisotopic (exact) mass is 451 g/mol. The Labute approximate surface area is 193 Å². The summed E-state index contributed by atoms with van der Waals surface area (Å²) in [4.78, 5) is 17.6. The van der Waals surface area contributed by atoms with E-state index in [1.807, 2.05) is 54.1 Å². The Balaban J connectivity index is 1.35. The van der Waals surface area contributed by atoms with Crippen molar-refractivity contribution < 1.29 is 9.53 Å². The maximum Gasteiger partial charge on any atom is 0.230 e. The van der Waals surface area contributed by atoms with E-state index in [9.17, 15) is 4.79 Å². The van der Waals surface area contributed by atoms with Gasteiger partial charge in [-0.1, -0.05) is 42.8 Å². The van der Waals surface area contributed by atoms with Crippen molar-refractivity contribution in [2.24, 2.45) is 7.05 Å². The molecule has 0 aliphatic heterocycles. The van der Waals surface area contributed by atoms with E-state index in [4.69, 9.17) is 4.74 Å². The lowest BCUT2D eigenvalue weighted by Crippen LogP contribution is -2.43. The fourth-order valence-corrected chi connectivity index (χ4v) is 5.15. The molecule has 0 atom stereocenters. The van der Waals surface area contributed by atoms with Gasteiger partial charge < -0.3 is 14.6 Å². The summed E-state index contributed by atoms with van der Waals surface area (Å²) in [5.41, 5.74) is 1.63. The molecule has 7 nitrogen and oxygen atoms in total. The molecule has 0 saturated heterocycles. The van der Waals surface area contributed by atoms with Crippen LogP contribution < -0.4 is 10.1 Å². The summed E-state index contributed by atoms with van der Waals surface area (Å²) in [6, 6.07) is 13.8. The molecule has 8 heteroatoms. The zero-order valence-corrected chi connectivity index (χ0v) is 19.4. The number of nitrogens with zero attached hydrogens (tertiary/aromatic N) is 4. The summed E-state index contributed by atoms with van der Waals surface area (Å²) < 4.78 is 7.27. The topological polar surface area (TPSA) is 81.9 Å². The predicted octanol–water partition coefficient (Wildman–Crippen LogP) is 3.68. The number of thioether (sulfide) groups is 1. The van der Waals surface area contributed by atoms with Gasteiger partial charge in [0.15, 0.2) is 5.16 Å². The third-order valence-electron chi connectivity index (χ3n) is 6.17. The number of carbonyl (C=O) groups is 1. The molecule has 0 radical (unpaired) electrons. The van der Waals surface area contributed by atoms with E-state index in [1.165, 1.54) is 0 Å². The van der Waals surface area contributed by atoms with Crippen LogP contribution in [0.15, 0.2) is 53.8 Å². The van der Waals surface area contributed by atoms with Crippen LogP contribution in [0.1, 0.15) is 42.8 Å². The minimum atomic E-state index is -0.449. The molecule has 2 aromatic heterocycles. The number of methoxy groups -OCH3 is 1. The van der Waals surface area contributed by atoms with E-state index in [0.717, 1.165) is 59.4 Å². The third kappa shape index (κ3) is 4.80. The van der Waals surface area contributed by atoms with Gasteiger partial charge in [0, 0.05) is 32.0 Å². The Kier molecular flexibility index (Phi) is 7.09. The number of benzene rings is 1. The number of amides is 1. The van der Waals surface area contributed by atoms with Gasteiger partial charge in [0.2, 0.25) is 5.91 Å². The van der Waals surface area contributed by atoms with Gasteiger partial charge in [-0.3, -0.25) is 9.78 Å². The van der Waals surface area contributed by atoms with E-state index < -0.39 is 5.41 Å². The number of hydrogen-bond acceptors (Lipinski definition) is 6. The van der Waals surface area contributed by atoms with Gasteiger partial charge in [-0.25, -0.2) is 0 Å². The highest BCUT2D eigenvalue weighted by Gasteiger charge is 2.42. The normalized spacial score (nSPS) is 14.9. The fraction of sp³-hybridized carbons (Fsp3) is 0.417. The highest BCUT2D eigenvalue weighted by atomic mass is 32.2. The van der Waals surface area contributed by atoms with Gasteiger partial charge in [0.05, 0.1) is 18.2 Å². The first kappa shape index (κ1) is 22.3. The third-order valence-corrected chi connectivity index (χ3v) is 7.22. The molecule has 1 aliphatic rings. The number of hydrogen-bond donors (Lipinski definition) is 1. The van der Waals surface area contributed by atoms with Crippen LogP contribution in [-0.4, -0.2) is 39.3 Å². The predicted molar refractivity (Wildman–Crippen MR) is 125 cm³/mol. The highest BCUT2D eigenvalue weighted by Crippen LogP contribution is 2.41. The summed E-state index contributed by atoms with van der Waals surface area (Å²) in [6.07, 6.45) is 6.33. The van der Waals surface area contributed by atoms with Crippen molar-refractivity contribution in [2.75, 3.05) is 13.7 Å². The van der Waals surface area contributed by atoms with Crippen molar-refractivity contribution in [2.45, 2.75) is 48.4 Å². The molecule has 3 aromatic rings. The molecule has 0 bridgehead atoms. The van der Waals surface area contributed by atoms with Crippen molar-refractivity contribution in [1.29, 1.82) is 0 Å². The molecule has 1 aliphatic carbocycles. The largest absolute Gasteiger partial charge is 0.497 e. The summed E-state index contributed by atoms with van der Waals surface area (Å²) in [5.74, 6) is 2.51. The first-order valence-corrected chi connectivity index (χ1v) is 11.9. The van der Waals surface area contributed by atoms with Gasteiger partial charge in [0.25, 0.3) is 0 Å². The van der Waals surface area contributed by atoms with Gasteiger partial charge in [0.1, 0.15) is 11.6 Å². The molecule has 1 N–H and O–H groups in total. The van der Waals surface area contributed by atoms with Crippen molar-refractivity contribution >= 4 is 17.7 Å². The van der Waals surface area contributed by atoms with Crippen molar-refractivity contribution in [3.8, 4) is 5.75 Å². The van der Waals surface area contributed by atoms with Gasteiger partial charge in [-0.2, -0.15) is 0 Å². The first-order chi connectivity index (χ1) is 15.6. The van der Waals surface area contributed by atoms with Crippen molar-refractivity contribution in [3.63, 3.8) is 0 Å². The number of carbonyl (C=O) groups excluding carboxylic acids is 1. The Morgan fingerprint density at radius 2 is 1.94 bits per heavy atom. The van der Waals surface area contributed by atoms with Crippen LogP contribution in [-0.2, 0) is 29.4 Å². The second-order valence-corrected chi connectivity index (χ2v) is 9.03. The molecule has 32 heavy (non-hydrogen) atoms. The summed E-state index contributed by atoms with van der Waals surface area (Å²) in [6.45, 7) is 0.535. The van der Waals surface area contributed by atoms with Crippen molar-refractivity contribution in [3.05, 3.63) is 65.7 Å². The minimum absolute atomic E-state index is 0.104. The maximum absolute atomic E-state index is 13.3.